The van der Waals surface area contributed by atoms with Crippen LogP contribution in [0.5, 0.6) is 0 Å². The van der Waals surface area contributed by atoms with Gasteiger partial charge in [-0.15, -0.1) is 0 Å². The highest BCUT2D eigenvalue weighted by Gasteiger charge is 2.27. The molecule has 3 rings (SSSR count). The van der Waals surface area contributed by atoms with Crippen LogP contribution in [0, 0.1) is 0 Å². The molecule has 1 amide bonds. The minimum absolute atomic E-state index is 0.178. The lowest BCUT2D eigenvalue weighted by Gasteiger charge is -2.35. The van der Waals surface area contributed by atoms with Crippen molar-refractivity contribution in [2.45, 2.75) is 37.8 Å². The summed E-state index contributed by atoms with van der Waals surface area (Å²) >= 11 is 0. The van der Waals surface area contributed by atoms with Gasteiger partial charge in [0.2, 0.25) is 0 Å². The number of methoxy groups -OCH3 is 1. The van der Waals surface area contributed by atoms with Crippen molar-refractivity contribution in [2.75, 3.05) is 19.1 Å². The summed E-state index contributed by atoms with van der Waals surface area (Å²) in [4.78, 5) is 26.7. The normalized spacial score (nSPS) is 20.8. The summed E-state index contributed by atoms with van der Waals surface area (Å²) in [5, 5.41) is 0. The van der Waals surface area contributed by atoms with Crippen molar-refractivity contribution in [3.8, 4) is 5.82 Å². The molecule has 1 saturated carbocycles. The van der Waals surface area contributed by atoms with Crippen LogP contribution >= 0.6 is 0 Å². The van der Waals surface area contributed by atoms with Gasteiger partial charge in [0.25, 0.3) is 5.91 Å². The first kappa shape index (κ1) is 16.4. The molecule has 1 aliphatic carbocycles. The van der Waals surface area contributed by atoms with Gasteiger partial charge in [-0.05, 0) is 25.7 Å². The van der Waals surface area contributed by atoms with Crippen molar-refractivity contribution < 1.29 is 9.53 Å². The molecular weight excluding hydrogens is 308 g/mol. The molecule has 2 aromatic heterocycles. The molecule has 128 valence electrons. The Labute approximate surface area is 140 Å². The van der Waals surface area contributed by atoms with Crippen molar-refractivity contribution >= 4 is 11.7 Å². The molecule has 0 spiro atoms. The molecule has 1 fully saturated rings. The number of ether oxygens (including phenoxy) is 1. The number of anilines is 1. The van der Waals surface area contributed by atoms with E-state index in [1.54, 1.807) is 36.6 Å². The Balaban J connectivity index is 1.85. The van der Waals surface area contributed by atoms with Crippen LogP contribution in [-0.2, 0) is 4.74 Å². The molecule has 1 aliphatic rings. The lowest BCUT2D eigenvalue weighted by Crippen LogP contribution is -2.38. The van der Waals surface area contributed by atoms with Crippen molar-refractivity contribution in [2.24, 2.45) is 5.73 Å². The summed E-state index contributed by atoms with van der Waals surface area (Å²) in [5.74, 6) is 0.450. The molecule has 0 aromatic carbocycles. The monoisotopic (exact) mass is 330 g/mol. The third-order valence-electron chi connectivity index (χ3n) is 4.60. The van der Waals surface area contributed by atoms with E-state index in [9.17, 15) is 4.79 Å². The van der Waals surface area contributed by atoms with Crippen LogP contribution < -0.4 is 10.6 Å². The Morgan fingerprint density at radius 1 is 1.38 bits per heavy atom. The highest BCUT2D eigenvalue weighted by Crippen LogP contribution is 2.28. The number of nitrogens with two attached hydrogens (primary N) is 1. The molecule has 2 N–H and O–H groups in total. The minimum atomic E-state index is -0.586. The van der Waals surface area contributed by atoms with Crippen LogP contribution in [0.3, 0.4) is 0 Å². The van der Waals surface area contributed by atoms with E-state index in [-0.39, 0.29) is 5.69 Å². The molecule has 8 heteroatoms. The third-order valence-corrected chi connectivity index (χ3v) is 4.60. The fraction of sp³-hybridized carbons (Fsp3) is 0.500. The Morgan fingerprint density at radius 2 is 2.12 bits per heavy atom. The van der Waals surface area contributed by atoms with Crippen LogP contribution in [0.4, 0.5) is 5.82 Å². The highest BCUT2D eigenvalue weighted by atomic mass is 16.5. The van der Waals surface area contributed by atoms with Crippen molar-refractivity contribution in [1.29, 1.82) is 0 Å². The van der Waals surface area contributed by atoms with E-state index in [1.165, 1.54) is 0 Å². The summed E-state index contributed by atoms with van der Waals surface area (Å²) in [6, 6.07) is 0.294. The van der Waals surface area contributed by atoms with Crippen molar-refractivity contribution in [3.63, 3.8) is 0 Å². The molecule has 2 aromatic rings. The smallest absolute Gasteiger partial charge is 0.271 e. The van der Waals surface area contributed by atoms with E-state index in [1.807, 2.05) is 11.9 Å². The fourth-order valence-corrected chi connectivity index (χ4v) is 3.16. The van der Waals surface area contributed by atoms with Gasteiger partial charge in [-0.25, -0.2) is 15.0 Å². The van der Waals surface area contributed by atoms with Crippen molar-refractivity contribution in [3.05, 3.63) is 30.6 Å². The Morgan fingerprint density at radius 3 is 2.71 bits per heavy atom. The van der Waals surface area contributed by atoms with E-state index in [4.69, 9.17) is 10.5 Å². The number of hydrogen-bond acceptors (Lipinski definition) is 6. The van der Waals surface area contributed by atoms with Gasteiger partial charge in [-0.3, -0.25) is 9.36 Å². The molecule has 0 atom stereocenters. The standard InChI is InChI=1S/C16H22N6O2/c1-21(11-3-5-12(24-2)6-4-11)16-14(15(17)23)20-13(9-19-16)22-8-7-18-10-22/h7-12H,3-6H2,1-2H3,(H2,17,23). The first-order chi connectivity index (χ1) is 11.6. The van der Waals surface area contributed by atoms with E-state index < -0.39 is 5.91 Å². The van der Waals surface area contributed by atoms with Crippen LogP contribution in [0.1, 0.15) is 36.2 Å². The SMILES string of the molecule is COC1CCC(N(C)c2ncc(-n3ccnc3)nc2C(N)=O)CC1. The first-order valence-electron chi connectivity index (χ1n) is 8.01. The number of carbonyl (C=O) groups is 1. The summed E-state index contributed by atoms with van der Waals surface area (Å²) in [6.07, 6.45) is 10.9. The molecule has 8 nitrogen and oxygen atoms in total. The number of amides is 1. The highest BCUT2D eigenvalue weighted by molar-refractivity contribution is 5.95. The third kappa shape index (κ3) is 3.23. The maximum absolute atomic E-state index is 11.9. The maximum atomic E-state index is 11.9. The van der Waals surface area contributed by atoms with Crippen LogP contribution in [0.15, 0.2) is 24.9 Å². The minimum Gasteiger partial charge on any atom is -0.381 e. The molecule has 2 heterocycles. The van der Waals surface area contributed by atoms with E-state index in [2.05, 4.69) is 15.0 Å². The van der Waals surface area contributed by atoms with Gasteiger partial charge in [0.15, 0.2) is 17.3 Å². The largest absolute Gasteiger partial charge is 0.381 e. The van der Waals surface area contributed by atoms with Crippen LogP contribution in [0.2, 0.25) is 0 Å². The van der Waals surface area contributed by atoms with Gasteiger partial charge in [0.1, 0.15) is 6.33 Å². The molecule has 0 radical (unpaired) electrons. The van der Waals surface area contributed by atoms with Crippen molar-refractivity contribution in [1.82, 2.24) is 19.5 Å². The van der Waals surface area contributed by atoms with E-state index in [0.717, 1.165) is 25.7 Å². The molecule has 0 saturated heterocycles. The second-order valence-electron chi connectivity index (χ2n) is 6.01. The number of primary amides is 1. The molecular formula is C16H22N6O2. The van der Waals surface area contributed by atoms with Crippen LogP contribution in [-0.4, -0.2) is 51.7 Å². The number of aromatic nitrogens is 4. The lowest BCUT2D eigenvalue weighted by atomic mass is 9.92. The summed E-state index contributed by atoms with van der Waals surface area (Å²) in [7, 11) is 3.69. The van der Waals surface area contributed by atoms with E-state index in [0.29, 0.717) is 23.8 Å². The predicted molar refractivity (Wildman–Crippen MR) is 89.1 cm³/mol. The molecule has 24 heavy (non-hydrogen) atoms. The number of hydrogen-bond donors (Lipinski definition) is 1. The quantitative estimate of drug-likeness (QED) is 0.883. The Hall–Kier alpha value is -2.48. The number of carbonyl (C=O) groups excluding carboxylic acids is 1. The number of nitrogens with zero attached hydrogens (tertiary/aromatic N) is 5. The van der Waals surface area contributed by atoms with Crippen LogP contribution in [0.25, 0.3) is 5.82 Å². The second kappa shape index (κ2) is 6.96. The van der Waals surface area contributed by atoms with Gasteiger partial charge >= 0.3 is 0 Å². The van der Waals surface area contributed by atoms with Gasteiger partial charge in [0, 0.05) is 32.6 Å². The van der Waals surface area contributed by atoms with Gasteiger partial charge < -0.3 is 15.4 Å². The molecule has 0 unspecified atom stereocenters. The Bertz CT molecular complexity index is 695. The average molecular weight is 330 g/mol. The van der Waals surface area contributed by atoms with Gasteiger partial charge in [-0.2, -0.15) is 0 Å². The first-order valence-corrected chi connectivity index (χ1v) is 8.01. The van der Waals surface area contributed by atoms with E-state index >= 15 is 0 Å². The maximum Gasteiger partial charge on any atom is 0.271 e. The average Bonchev–Trinajstić information content (AvgIpc) is 3.15. The molecule has 0 bridgehead atoms. The predicted octanol–water partition coefficient (Wildman–Crippen LogP) is 1.15. The summed E-state index contributed by atoms with van der Waals surface area (Å²) < 4.78 is 7.10. The topological polar surface area (TPSA) is 99.2 Å². The Kier molecular flexibility index (Phi) is 4.75. The summed E-state index contributed by atoms with van der Waals surface area (Å²) in [6.45, 7) is 0. The lowest BCUT2D eigenvalue weighted by molar-refractivity contribution is 0.0659. The zero-order valence-corrected chi connectivity index (χ0v) is 13.9. The fourth-order valence-electron chi connectivity index (χ4n) is 3.16. The molecule has 0 aliphatic heterocycles. The second-order valence-corrected chi connectivity index (χ2v) is 6.01. The zero-order chi connectivity index (χ0) is 17.1. The van der Waals surface area contributed by atoms with Gasteiger partial charge in [-0.1, -0.05) is 0 Å². The zero-order valence-electron chi connectivity index (χ0n) is 13.9. The number of imidazole rings is 1. The number of rotatable bonds is 5. The summed E-state index contributed by atoms with van der Waals surface area (Å²) in [5.41, 5.74) is 5.71. The van der Waals surface area contributed by atoms with Gasteiger partial charge in [0.05, 0.1) is 12.3 Å².